The highest BCUT2D eigenvalue weighted by Crippen LogP contribution is 2.22. The van der Waals surface area contributed by atoms with Crippen molar-refractivity contribution >= 4 is 29.2 Å². The fourth-order valence-electron chi connectivity index (χ4n) is 2.15. The molecule has 0 radical (unpaired) electrons. The first-order chi connectivity index (χ1) is 11.3. The summed E-state index contributed by atoms with van der Waals surface area (Å²) in [6.45, 7) is 5.17. The number of esters is 1. The number of ether oxygens (including phenoxy) is 1. The summed E-state index contributed by atoms with van der Waals surface area (Å²) in [7, 11) is 0. The summed E-state index contributed by atoms with van der Waals surface area (Å²) in [5, 5.41) is 2.57. The van der Waals surface area contributed by atoms with Crippen molar-refractivity contribution in [2.45, 2.75) is 26.9 Å². The van der Waals surface area contributed by atoms with Crippen molar-refractivity contribution in [1.82, 2.24) is 0 Å². The highest BCUT2D eigenvalue weighted by atomic mass is 35.5. The SMILES string of the molecule is Cc1ccc(C(=O)OC(C)C(=O)Nc2ccc(F)cc2Cl)c(C)c1. The number of hydrogen-bond acceptors (Lipinski definition) is 3. The van der Waals surface area contributed by atoms with Gasteiger partial charge in [-0.1, -0.05) is 29.3 Å². The fraction of sp³-hybridized carbons (Fsp3) is 0.222. The molecule has 6 heteroatoms. The van der Waals surface area contributed by atoms with Gasteiger partial charge in [-0.2, -0.15) is 0 Å². The Morgan fingerprint density at radius 3 is 2.50 bits per heavy atom. The van der Waals surface area contributed by atoms with E-state index in [4.69, 9.17) is 16.3 Å². The molecule has 0 aliphatic rings. The average Bonchev–Trinajstić information content (AvgIpc) is 2.49. The number of hydrogen-bond donors (Lipinski definition) is 1. The lowest BCUT2D eigenvalue weighted by molar-refractivity contribution is -0.123. The normalized spacial score (nSPS) is 11.7. The highest BCUT2D eigenvalue weighted by molar-refractivity contribution is 6.33. The van der Waals surface area contributed by atoms with Gasteiger partial charge in [0, 0.05) is 0 Å². The Hall–Kier alpha value is -2.40. The third-order valence-corrected chi connectivity index (χ3v) is 3.76. The monoisotopic (exact) mass is 349 g/mol. The van der Waals surface area contributed by atoms with Gasteiger partial charge in [0.05, 0.1) is 16.3 Å². The Morgan fingerprint density at radius 2 is 1.88 bits per heavy atom. The smallest absolute Gasteiger partial charge is 0.339 e. The molecule has 2 aromatic carbocycles. The van der Waals surface area contributed by atoms with E-state index in [2.05, 4.69) is 5.32 Å². The van der Waals surface area contributed by atoms with Crippen molar-refractivity contribution in [2.24, 2.45) is 0 Å². The largest absolute Gasteiger partial charge is 0.449 e. The van der Waals surface area contributed by atoms with Crippen molar-refractivity contribution in [2.75, 3.05) is 5.32 Å². The van der Waals surface area contributed by atoms with Crippen molar-refractivity contribution in [3.63, 3.8) is 0 Å². The molecular weight excluding hydrogens is 333 g/mol. The Morgan fingerprint density at radius 1 is 1.17 bits per heavy atom. The summed E-state index contributed by atoms with van der Waals surface area (Å²) in [6.07, 6.45) is -1.03. The second kappa shape index (κ2) is 7.45. The molecule has 0 heterocycles. The molecule has 24 heavy (non-hydrogen) atoms. The standard InChI is InChI=1S/C18H17ClFNO3/c1-10-4-6-14(11(2)8-10)18(23)24-12(3)17(22)21-16-7-5-13(20)9-15(16)19/h4-9,12H,1-3H3,(H,21,22). The van der Waals surface area contributed by atoms with Crippen LogP contribution in [0.15, 0.2) is 36.4 Å². The van der Waals surface area contributed by atoms with Crippen molar-refractivity contribution in [3.05, 3.63) is 63.9 Å². The minimum absolute atomic E-state index is 0.0660. The summed E-state index contributed by atoms with van der Waals surface area (Å²) in [5.74, 6) is -1.64. The Kier molecular flexibility index (Phi) is 5.57. The Labute approximate surface area is 144 Å². The Bertz CT molecular complexity index is 792. The zero-order chi connectivity index (χ0) is 17.9. The molecule has 1 N–H and O–H groups in total. The summed E-state index contributed by atoms with van der Waals surface area (Å²) in [5.41, 5.74) is 2.45. The van der Waals surface area contributed by atoms with Crippen LogP contribution < -0.4 is 5.32 Å². The molecule has 1 atom stereocenters. The minimum atomic E-state index is -1.03. The number of rotatable bonds is 4. The van der Waals surface area contributed by atoms with Crippen LogP contribution in [0.2, 0.25) is 5.02 Å². The van der Waals surface area contributed by atoms with E-state index in [0.29, 0.717) is 5.56 Å². The molecule has 0 saturated heterocycles. The molecular formula is C18H17ClFNO3. The molecule has 126 valence electrons. The lowest BCUT2D eigenvalue weighted by Crippen LogP contribution is -2.30. The number of carbonyl (C=O) groups excluding carboxylic acids is 2. The average molecular weight is 350 g/mol. The van der Waals surface area contributed by atoms with Crippen LogP contribution in [0.1, 0.15) is 28.4 Å². The molecule has 0 spiro atoms. The van der Waals surface area contributed by atoms with E-state index >= 15 is 0 Å². The second-order valence-electron chi connectivity index (χ2n) is 5.48. The molecule has 0 aliphatic heterocycles. The van der Waals surface area contributed by atoms with Gasteiger partial charge in [-0.3, -0.25) is 4.79 Å². The van der Waals surface area contributed by atoms with Crippen molar-refractivity contribution in [3.8, 4) is 0 Å². The third-order valence-electron chi connectivity index (χ3n) is 3.44. The van der Waals surface area contributed by atoms with Gasteiger partial charge in [0.2, 0.25) is 0 Å². The first-order valence-corrected chi connectivity index (χ1v) is 7.70. The quantitative estimate of drug-likeness (QED) is 0.838. The van der Waals surface area contributed by atoms with Gasteiger partial charge in [-0.25, -0.2) is 9.18 Å². The summed E-state index contributed by atoms with van der Waals surface area (Å²) < 4.78 is 18.2. The fourth-order valence-corrected chi connectivity index (χ4v) is 2.36. The summed E-state index contributed by atoms with van der Waals surface area (Å²) >= 11 is 5.85. The molecule has 1 unspecified atom stereocenters. The number of anilines is 1. The molecule has 0 fully saturated rings. The van der Waals surface area contributed by atoms with Gasteiger partial charge in [-0.15, -0.1) is 0 Å². The lowest BCUT2D eigenvalue weighted by atomic mass is 10.1. The lowest BCUT2D eigenvalue weighted by Gasteiger charge is -2.15. The van der Waals surface area contributed by atoms with E-state index in [1.54, 1.807) is 19.1 Å². The molecule has 4 nitrogen and oxygen atoms in total. The number of nitrogens with one attached hydrogen (secondary N) is 1. The minimum Gasteiger partial charge on any atom is -0.449 e. The summed E-state index contributed by atoms with van der Waals surface area (Å²) in [6, 6.07) is 8.92. The van der Waals surface area contributed by atoms with E-state index in [-0.39, 0.29) is 10.7 Å². The first-order valence-electron chi connectivity index (χ1n) is 7.32. The van der Waals surface area contributed by atoms with Crippen molar-refractivity contribution in [1.29, 1.82) is 0 Å². The number of amides is 1. The highest BCUT2D eigenvalue weighted by Gasteiger charge is 2.20. The maximum atomic E-state index is 13.0. The third kappa shape index (κ3) is 4.32. The van der Waals surface area contributed by atoms with Crippen LogP contribution in [0, 0.1) is 19.7 Å². The van der Waals surface area contributed by atoms with Crippen molar-refractivity contribution < 1.29 is 18.7 Å². The van der Waals surface area contributed by atoms with Crippen LogP contribution in [0.3, 0.4) is 0 Å². The molecule has 0 bridgehead atoms. The molecule has 0 aliphatic carbocycles. The Balaban J connectivity index is 2.04. The summed E-state index contributed by atoms with van der Waals surface area (Å²) in [4.78, 5) is 24.3. The predicted octanol–water partition coefficient (Wildman–Crippen LogP) is 4.28. The number of aryl methyl sites for hydroxylation is 2. The number of benzene rings is 2. The first kappa shape index (κ1) is 17.9. The second-order valence-corrected chi connectivity index (χ2v) is 5.89. The van der Waals surface area contributed by atoms with E-state index in [0.717, 1.165) is 17.2 Å². The molecule has 2 rings (SSSR count). The zero-order valence-corrected chi connectivity index (χ0v) is 14.3. The van der Waals surface area contributed by atoms with Gasteiger partial charge >= 0.3 is 5.97 Å². The van der Waals surface area contributed by atoms with Gasteiger partial charge < -0.3 is 10.1 Å². The van der Waals surface area contributed by atoms with Crippen LogP contribution >= 0.6 is 11.6 Å². The van der Waals surface area contributed by atoms with Gasteiger partial charge in [0.25, 0.3) is 5.91 Å². The molecule has 2 aromatic rings. The van der Waals surface area contributed by atoms with Crippen LogP contribution in [0.4, 0.5) is 10.1 Å². The van der Waals surface area contributed by atoms with Crippen LogP contribution in [0.5, 0.6) is 0 Å². The zero-order valence-electron chi connectivity index (χ0n) is 13.5. The van der Waals surface area contributed by atoms with E-state index < -0.39 is 23.8 Å². The maximum absolute atomic E-state index is 13.0. The molecule has 1 amide bonds. The number of halogens is 2. The van der Waals surface area contributed by atoms with Gasteiger partial charge in [0.1, 0.15) is 5.82 Å². The molecule has 0 aromatic heterocycles. The maximum Gasteiger partial charge on any atom is 0.339 e. The topological polar surface area (TPSA) is 55.4 Å². The van der Waals surface area contributed by atoms with Crippen LogP contribution in [-0.2, 0) is 9.53 Å². The van der Waals surface area contributed by atoms with E-state index in [1.807, 2.05) is 13.0 Å². The van der Waals surface area contributed by atoms with Gasteiger partial charge in [-0.05, 0) is 50.6 Å². The van der Waals surface area contributed by atoms with Crippen LogP contribution in [0.25, 0.3) is 0 Å². The molecule has 0 saturated carbocycles. The van der Waals surface area contributed by atoms with Crippen LogP contribution in [-0.4, -0.2) is 18.0 Å². The number of carbonyl (C=O) groups is 2. The van der Waals surface area contributed by atoms with E-state index in [9.17, 15) is 14.0 Å². The predicted molar refractivity (Wildman–Crippen MR) is 90.8 cm³/mol. The van der Waals surface area contributed by atoms with E-state index in [1.165, 1.54) is 19.1 Å². The van der Waals surface area contributed by atoms with Gasteiger partial charge in [0.15, 0.2) is 6.10 Å².